The molecule has 0 aliphatic heterocycles. The minimum Gasteiger partial charge on any atom is -0.351 e. The number of fused-ring (bicyclic) bond motifs is 1. The molecule has 0 bridgehead atoms. The first-order chi connectivity index (χ1) is 13.6. The summed E-state index contributed by atoms with van der Waals surface area (Å²) in [6.45, 7) is 2.61. The number of hydrogen-bond acceptors (Lipinski definition) is 6. The summed E-state index contributed by atoms with van der Waals surface area (Å²) in [6, 6.07) is 2.48. The molecule has 0 atom stereocenters. The van der Waals surface area contributed by atoms with Crippen LogP contribution in [0.25, 0.3) is 10.2 Å². The van der Waals surface area contributed by atoms with Crippen LogP contribution in [0.15, 0.2) is 11.2 Å². The van der Waals surface area contributed by atoms with Crippen molar-refractivity contribution in [2.24, 2.45) is 7.05 Å². The van der Waals surface area contributed by atoms with Crippen LogP contribution in [0.1, 0.15) is 59.3 Å². The Morgan fingerprint density at radius 1 is 1.36 bits per heavy atom. The van der Waals surface area contributed by atoms with Gasteiger partial charge in [-0.1, -0.05) is 24.6 Å². The zero-order chi connectivity index (χ0) is 19.7. The average Bonchev–Trinajstić information content (AvgIpc) is 3.45. The van der Waals surface area contributed by atoms with E-state index in [0.29, 0.717) is 12.6 Å². The Morgan fingerprint density at radius 3 is 2.86 bits per heavy atom. The Balaban J connectivity index is 1.34. The van der Waals surface area contributed by atoms with E-state index in [1.54, 1.807) is 11.8 Å². The number of aryl methyl sites for hydroxylation is 3. The number of thiophene rings is 1. The number of carbonyl (C=O) groups is 1. The molecule has 0 spiro atoms. The van der Waals surface area contributed by atoms with Crippen LogP contribution in [-0.2, 0) is 13.5 Å². The van der Waals surface area contributed by atoms with Crippen LogP contribution in [-0.4, -0.2) is 43.3 Å². The van der Waals surface area contributed by atoms with Crippen molar-refractivity contribution in [3.05, 3.63) is 22.5 Å². The molecular formula is C19H26N6OS2. The third-order valence-electron chi connectivity index (χ3n) is 5.39. The van der Waals surface area contributed by atoms with Gasteiger partial charge in [0.1, 0.15) is 10.7 Å². The van der Waals surface area contributed by atoms with Gasteiger partial charge in [-0.05, 0) is 38.5 Å². The summed E-state index contributed by atoms with van der Waals surface area (Å²) >= 11 is 3.16. The molecular weight excluding hydrogens is 392 g/mol. The zero-order valence-electron chi connectivity index (χ0n) is 16.6. The summed E-state index contributed by atoms with van der Waals surface area (Å²) in [5.74, 6) is 1.04. The Morgan fingerprint density at radius 2 is 2.14 bits per heavy atom. The second-order valence-electron chi connectivity index (χ2n) is 7.31. The molecule has 1 N–H and O–H groups in total. The number of aromatic nitrogens is 5. The number of carbonyl (C=O) groups excluding carboxylic acids is 1. The molecule has 3 aromatic rings. The van der Waals surface area contributed by atoms with Gasteiger partial charge in [-0.2, -0.15) is 5.10 Å². The van der Waals surface area contributed by atoms with Crippen molar-refractivity contribution in [1.82, 2.24) is 29.9 Å². The van der Waals surface area contributed by atoms with E-state index in [1.807, 2.05) is 24.7 Å². The molecule has 3 aromatic heterocycles. The number of nitrogens with one attached hydrogen (secondary N) is 1. The second-order valence-corrected chi connectivity index (χ2v) is 9.11. The van der Waals surface area contributed by atoms with E-state index in [2.05, 4.69) is 31.4 Å². The van der Waals surface area contributed by atoms with Crippen LogP contribution >= 0.6 is 23.1 Å². The number of thioether (sulfide) groups is 1. The van der Waals surface area contributed by atoms with E-state index >= 15 is 0 Å². The van der Waals surface area contributed by atoms with Crippen molar-refractivity contribution < 1.29 is 4.79 Å². The molecule has 1 aliphatic rings. The lowest BCUT2D eigenvalue weighted by Crippen LogP contribution is -2.24. The van der Waals surface area contributed by atoms with Gasteiger partial charge in [-0.15, -0.1) is 21.5 Å². The highest BCUT2D eigenvalue weighted by Crippen LogP contribution is 2.33. The summed E-state index contributed by atoms with van der Waals surface area (Å²) in [5, 5.41) is 18.3. The van der Waals surface area contributed by atoms with Crippen LogP contribution in [0.4, 0.5) is 0 Å². The zero-order valence-corrected chi connectivity index (χ0v) is 18.2. The van der Waals surface area contributed by atoms with Gasteiger partial charge in [0.05, 0.1) is 10.6 Å². The molecule has 0 aromatic carbocycles. The largest absolute Gasteiger partial charge is 0.351 e. The highest BCUT2D eigenvalue weighted by atomic mass is 32.2. The SMILES string of the molecule is CSc1nnc(CCCNC(=O)c2cc3c(C)nn(C)c3s2)n1C1CCCC1. The summed E-state index contributed by atoms with van der Waals surface area (Å²) in [5.41, 5.74) is 0.962. The van der Waals surface area contributed by atoms with Crippen molar-refractivity contribution >= 4 is 39.2 Å². The summed E-state index contributed by atoms with van der Waals surface area (Å²) in [6.07, 6.45) is 8.76. The maximum atomic E-state index is 12.5. The fraction of sp³-hybridized carbons (Fsp3) is 0.579. The Hall–Kier alpha value is -1.87. The Labute approximate surface area is 172 Å². The molecule has 0 saturated heterocycles. The minimum absolute atomic E-state index is 0.0114. The predicted octanol–water partition coefficient (Wildman–Crippen LogP) is 3.73. The number of hydrogen-bond donors (Lipinski definition) is 1. The fourth-order valence-corrected chi connectivity index (χ4v) is 5.61. The lowest BCUT2D eigenvalue weighted by atomic mass is 10.2. The van der Waals surface area contributed by atoms with Crippen LogP contribution in [0, 0.1) is 6.92 Å². The van der Waals surface area contributed by atoms with Gasteiger partial charge in [-0.25, -0.2) is 0 Å². The van der Waals surface area contributed by atoms with Gasteiger partial charge >= 0.3 is 0 Å². The van der Waals surface area contributed by atoms with Crippen LogP contribution in [0.5, 0.6) is 0 Å². The molecule has 28 heavy (non-hydrogen) atoms. The number of amides is 1. The predicted molar refractivity (Wildman–Crippen MR) is 113 cm³/mol. The smallest absolute Gasteiger partial charge is 0.261 e. The van der Waals surface area contributed by atoms with Gasteiger partial charge in [0.15, 0.2) is 5.16 Å². The van der Waals surface area contributed by atoms with E-state index in [-0.39, 0.29) is 5.91 Å². The molecule has 7 nitrogen and oxygen atoms in total. The molecule has 0 radical (unpaired) electrons. The first-order valence-electron chi connectivity index (χ1n) is 9.77. The maximum Gasteiger partial charge on any atom is 0.261 e. The standard InChI is InChI=1S/C19H26N6OS2/c1-12-14-11-15(28-18(14)24(2)23-12)17(26)20-10-6-9-16-21-22-19(27-3)25(16)13-7-4-5-8-13/h11,13H,4-10H2,1-3H3,(H,20,26). The fourth-order valence-electron chi connectivity index (χ4n) is 4.00. The van der Waals surface area contributed by atoms with Crippen molar-refractivity contribution in [2.45, 2.75) is 56.6 Å². The van der Waals surface area contributed by atoms with E-state index in [0.717, 1.165) is 44.6 Å². The van der Waals surface area contributed by atoms with E-state index < -0.39 is 0 Å². The normalized spacial score (nSPS) is 15.0. The second kappa shape index (κ2) is 8.24. The summed E-state index contributed by atoms with van der Waals surface area (Å²) < 4.78 is 4.17. The van der Waals surface area contributed by atoms with Gasteiger partial charge in [0.2, 0.25) is 0 Å². The topological polar surface area (TPSA) is 77.6 Å². The molecule has 9 heteroatoms. The van der Waals surface area contributed by atoms with Crippen molar-refractivity contribution in [2.75, 3.05) is 12.8 Å². The lowest BCUT2D eigenvalue weighted by Gasteiger charge is -2.16. The van der Waals surface area contributed by atoms with Crippen LogP contribution < -0.4 is 5.32 Å². The third kappa shape index (κ3) is 3.69. The minimum atomic E-state index is -0.0114. The molecule has 3 heterocycles. The molecule has 1 aliphatic carbocycles. The average molecular weight is 419 g/mol. The maximum absolute atomic E-state index is 12.5. The molecule has 150 valence electrons. The first-order valence-corrected chi connectivity index (χ1v) is 11.8. The highest BCUT2D eigenvalue weighted by Gasteiger charge is 2.23. The summed E-state index contributed by atoms with van der Waals surface area (Å²) in [4.78, 5) is 14.3. The highest BCUT2D eigenvalue weighted by molar-refractivity contribution is 7.98. The summed E-state index contributed by atoms with van der Waals surface area (Å²) in [7, 11) is 1.91. The molecule has 1 fully saturated rings. The van der Waals surface area contributed by atoms with Gasteiger partial charge in [-0.3, -0.25) is 9.48 Å². The third-order valence-corrected chi connectivity index (χ3v) is 7.23. The van der Waals surface area contributed by atoms with Gasteiger partial charge < -0.3 is 9.88 Å². The van der Waals surface area contributed by atoms with Gasteiger partial charge in [0.25, 0.3) is 5.91 Å². The first kappa shape index (κ1) is 19.4. The molecule has 1 saturated carbocycles. The Kier molecular flexibility index (Phi) is 5.73. The number of rotatable bonds is 7. The van der Waals surface area contributed by atoms with Crippen LogP contribution in [0.3, 0.4) is 0 Å². The van der Waals surface area contributed by atoms with E-state index in [4.69, 9.17) is 0 Å². The van der Waals surface area contributed by atoms with Crippen molar-refractivity contribution in [3.63, 3.8) is 0 Å². The van der Waals surface area contributed by atoms with Gasteiger partial charge in [0, 0.05) is 31.4 Å². The number of nitrogens with zero attached hydrogens (tertiary/aromatic N) is 5. The molecule has 4 rings (SSSR count). The van der Waals surface area contributed by atoms with Crippen molar-refractivity contribution in [3.8, 4) is 0 Å². The van der Waals surface area contributed by atoms with E-state index in [1.165, 1.54) is 37.0 Å². The quantitative estimate of drug-likeness (QED) is 0.467. The van der Waals surface area contributed by atoms with Crippen LogP contribution in [0.2, 0.25) is 0 Å². The van der Waals surface area contributed by atoms with Crippen molar-refractivity contribution in [1.29, 1.82) is 0 Å². The monoisotopic (exact) mass is 418 g/mol. The molecule has 0 unspecified atom stereocenters. The lowest BCUT2D eigenvalue weighted by molar-refractivity contribution is 0.0957. The Bertz CT molecular complexity index is 948. The molecule has 1 amide bonds. The van der Waals surface area contributed by atoms with E-state index in [9.17, 15) is 4.79 Å².